The van der Waals surface area contributed by atoms with Gasteiger partial charge in [-0.15, -0.1) is 11.3 Å². The third-order valence-corrected chi connectivity index (χ3v) is 4.97. The van der Waals surface area contributed by atoms with Crippen LogP contribution in [0, 0.1) is 0 Å². The molecule has 1 atom stereocenters. The maximum Gasteiger partial charge on any atom is 0.245 e. The Hall–Kier alpha value is -1.36. The Morgan fingerprint density at radius 2 is 2.24 bits per heavy atom. The van der Waals surface area contributed by atoms with Gasteiger partial charge in [0.2, 0.25) is 11.8 Å². The molecule has 0 N–H and O–H groups in total. The number of thiophene rings is 1. The molecule has 2 heterocycles. The molecule has 0 bridgehead atoms. The van der Waals surface area contributed by atoms with Crippen LogP contribution in [0.25, 0.3) is 0 Å². The second kappa shape index (κ2) is 7.59. The minimum atomic E-state index is -0.250. The molecular weight excluding hydrogens is 284 g/mol. The molecule has 1 aliphatic heterocycles. The third kappa shape index (κ3) is 4.06. The Morgan fingerprint density at radius 1 is 1.43 bits per heavy atom. The molecule has 1 aromatic rings. The molecule has 0 spiro atoms. The second-order valence-electron chi connectivity index (χ2n) is 5.58. The van der Waals surface area contributed by atoms with E-state index in [1.54, 1.807) is 16.2 Å². The molecule has 5 heteroatoms. The van der Waals surface area contributed by atoms with Gasteiger partial charge >= 0.3 is 0 Å². The van der Waals surface area contributed by atoms with Crippen LogP contribution < -0.4 is 0 Å². The predicted octanol–water partition coefficient (Wildman–Crippen LogP) is 2.54. The van der Waals surface area contributed by atoms with Crippen molar-refractivity contribution in [1.82, 2.24) is 9.80 Å². The fourth-order valence-electron chi connectivity index (χ4n) is 2.72. The number of hydrogen-bond donors (Lipinski definition) is 0. The Labute approximate surface area is 130 Å². The maximum absolute atomic E-state index is 12.5. The molecule has 0 aliphatic carbocycles. The van der Waals surface area contributed by atoms with Gasteiger partial charge in [-0.1, -0.05) is 25.8 Å². The van der Waals surface area contributed by atoms with Crippen molar-refractivity contribution < 1.29 is 9.59 Å². The zero-order chi connectivity index (χ0) is 15.2. The molecule has 4 nitrogen and oxygen atoms in total. The predicted molar refractivity (Wildman–Crippen MR) is 85.3 cm³/mol. The zero-order valence-electron chi connectivity index (χ0n) is 12.9. The Kier molecular flexibility index (Phi) is 5.79. The van der Waals surface area contributed by atoms with Crippen molar-refractivity contribution in [1.29, 1.82) is 0 Å². The van der Waals surface area contributed by atoms with E-state index in [9.17, 15) is 9.59 Å². The van der Waals surface area contributed by atoms with Crippen LogP contribution in [0.3, 0.4) is 0 Å². The summed E-state index contributed by atoms with van der Waals surface area (Å²) in [5.41, 5.74) is 0. The van der Waals surface area contributed by atoms with E-state index in [1.807, 2.05) is 23.4 Å². The van der Waals surface area contributed by atoms with Crippen LogP contribution in [0.15, 0.2) is 17.5 Å². The van der Waals surface area contributed by atoms with E-state index < -0.39 is 0 Å². The summed E-state index contributed by atoms with van der Waals surface area (Å²) in [5, 5.41) is 2.03. The van der Waals surface area contributed by atoms with Gasteiger partial charge in [0.25, 0.3) is 0 Å². The lowest BCUT2D eigenvalue weighted by Crippen LogP contribution is -2.57. The Bertz CT molecular complexity index is 473. The van der Waals surface area contributed by atoms with Crippen LogP contribution in [0.1, 0.15) is 37.5 Å². The van der Waals surface area contributed by atoms with Gasteiger partial charge in [-0.05, 0) is 24.3 Å². The zero-order valence-corrected chi connectivity index (χ0v) is 13.7. The normalized spacial score (nSPS) is 19.1. The average molecular weight is 308 g/mol. The number of hydrogen-bond acceptors (Lipinski definition) is 3. The summed E-state index contributed by atoms with van der Waals surface area (Å²) in [7, 11) is 1.83. The molecular formula is C16H24N2O2S. The summed E-state index contributed by atoms with van der Waals surface area (Å²) < 4.78 is 0. The maximum atomic E-state index is 12.5. The van der Waals surface area contributed by atoms with Gasteiger partial charge in [0.15, 0.2) is 0 Å². The summed E-state index contributed by atoms with van der Waals surface area (Å²) in [6.07, 6.45) is 4.09. The second-order valence-corrected chi connectivity index (χ2v) is 6.62. The molecule has 1 aromatic heterocycles. The summed E-state index contributed by atoms with van der Waals surface area (Å²) in [6.45, 7) is 3.42. The lowest BCUT2D eigenvalue weighted by molar-refractivity contribution is -0.150. The van der Waals surface area contributed by atoms with Crippen LogP contribution in [0.4, 0.5) is 0 Å². The van der Waals surface area contributed by atoms with Gasteiger partial charge < -0.3 is 9.80 Å². The fourth-order valence-corrected chi connectivity index (χ4v) is 3.42. The summed E-state index contributed by atoms with van der Waals surface area (Å²) in [5.74, 6) is 0.213. The van der Waals surface area contributed by atoms with E-state index in [0.717, 1.165) is 25.7 Å². The van der Waals surface area contributed by atoms with Gasteiger partial charge in [0.05, 0.1) is 0 Å². The molecule has 1 saturated heterocycles. The number of carbonyl (C=O) groups excluding carboxylic acids is 2. The first-order valence-corrected chi connectivity index (χ1v) is 8.58. The van der Waals surface area contributed by atoms with Crippen molar-refractivity contribution >= 4 is 23.2 Å². The van der Waals surface area contributed by atoms with E-state index in [4.69, 9.17) is 0 Å². The van der Waals surface area contributed by atoms with Crippen LogP contribution in [-0.2, 0) is 16.0 Å². The van der Waals surface area contributed by atoms with Crippen molar-refractivity contribution in [3.63, 3.8) is 0 Å². The minimum absolute atomic E-state index is 0.0965. The Balaban J connectivity index is 1.97. The van der Waals surface area contributed by atoms with Gasteiger partial charge in [-0.2, -0.15) is 0 Å². The van der Waals surface area contributed by atoms with Crippen LogP contribution >= 0.6 is 11.3 Å². The monoisotopic (exact) mass is 308 g/mol. The van der Waals surface area contributed by atoms with Gasteiger partial charge in [0, 0.05) is 31.4 Å². The summed E-state index contributed by atoms with van der Waals surface area (Å²) in [6, 6.07) is 3.81. The highest BCUT2D eigenvalue weighted by atomic mass is 32.1. The lowest BCUT2D eigenvalue weighted by atomic mass is 10.0. The molecule has 0 unspecified atom stereocenters. The van der Waals surface area contributed by atoms with E-state index in [0.29, 0.717) is 19.5 Å². The number of carbonyl (C=O) groups is 2. The van der Waals surface area contributed by atoms with Crippen molar-refractivity contribution in [2.45, 2.75) is 45.1 Å². The standard InChI is InChI=1S/C16H24N2O2S/c1-3-4-7-14-16(20)17(2)10-11-18(14)15(19)9-8-13-6-5-12-21-13/h5-6,12,14H,3-4,7-11H2,1-2H3/t14-/m0/s1. The molecule has 1 fully saturated rings. The van der Waals surface area contributed by atoms with Gasteiger partial charge in [-0.25, -0.2) is 0 Å². The first-order chi connectivity index (χ1) is 10.1. The quantitative estimate of drug-likeness (QED) is 0.810. The first kappa shape index (κ1) is 16.0. The highest BCUT2D eigenvalue weighted by molar-refractivity contribution is 7.09. The number of likely N-dealkylation sites (N-methyl/N-ethyl adjacent to an activating group) is 1. The number of amides is 2. The molecule has 0 aromatic carbocycles. The SMILES string of the molecule is CCCC[C@H]1C(=O)N(C)CCN1C(=O)CCc1cccs1. The van der Waals surface area contributed by atoms with Crippen molar-refractivity contribution in [3.05, 3.63) is 22.4 Å². The molecule has 2 amide bonds. The largest absolute Gasteiger partial charge is 0.342 e. The fraction of sp³-hybridized carbons (Fsp3) is 0.625. The number of piperazine rings is 1. The van der Waals surface area contributed by atoms with Crippen molar-refractivity contribution in [3.8, 4) is 0 Å². The van der Waals surface area contributed by atoms with Gasteiger partial charge in [0.1, 0.15) is 6.04 Å². The molecule has 21 heavy (non-hydrogen) atoms. The molecule has 2 rings (SSSR count). The Morgan fingerprint density at radius 3 is 2.90 bits per heavy atom. The van der Waals surface area contributed by atoms with Crippen LogP contribution in [0.5, 0.6) is 0 Å². The highest BCUT2D eigenvalue weighted by Gasteiger charge is 2.34. The van der Waals surface area contributed by atoms with E-state index >= 15 is 0 Å². The average Bonchev–Trinajstić information content (AvgIpc) is 2.99. The summed E-state index contributed by atoms with van der Waals surface area (Å²) >= 11 is 1.68. The number of nitrogens with zero attached hydrogens (tertiary/aromatic N) is 2. The van der Waals surface area contributed by atoms with E-state index in [2.05, 4.69) is 13.0 Å². The number of unbranched alkanes of at least 4 members (excludes halogenated alkanes) is 1. The highest BCUT2D eigenvalue weighted by Crippen LogP contribution is 2.19. The number of aryl methyl sites for hydroxylation is 1. The van der Waals surface area contributed by atoms with Crippen molar-refractivity contribution in [2.24, 2.45) is 0 Å². The topological polar surface area (TPSA) is 40.6 Å². The molecule has 0 radical (unpaired) electrons. The molecule has 0 saturated carbocycles. The minimum Gasteiger partial charge on any atom is -0.342 e. The van der Waals surface area contributed by atoms with Gasteiger partial charge in [-0.3, -0.25) is 9.59 Å². The summed E-state index contributed by atoms with van der Waals surface area (Å²) in [4.78, 5) is 29.6. The first-order valence-electron chi connectivity index (χ1n) is 7.70. The van der Waals surface area contributed by atoms with Crippen LogP contribution in [-0.4, -0.2) is 47.8 Å². The third-order valence-electron chi connectivity index (χ3n) is 4.03. The molecule has 1 aliphatic rings. The number of rotatable bonds is 6. The molecule has 116 valence electrons. The van der Waals surface area contributed by atoms with Crippen molar-refractivity contribution in [2.75, 3.05) is 20.1 Å². The van der Waals surface area contributed by atoms with E-state index in [1.165, 1.54) is 4.88 Å². The van der Waals surface area contributed by atoms with E-state index in [-0.39, 0.29) is 17.9 Å². The van der Waals surface area contributed by atoms with Crippen LogP contribution in [0.2, 0.25) is 0 Å². The lowest BCUT2D eigenvalue weighted by Gasteiger charge is -2.39. The smallest absolute Gasteiger partial charge is 0.245 e.